The number of fused-ring (bicyclic) bond motifs is 1. The van der Waals surface area contributed by atoms with Crippen molar-refractivity contribution in [2.45, 2.75) is 0 Å². The summed E-state index contributed by atoms with van der Waals surface area (Å²) in [6, 6.07) is 17.3. The summed E-state index contributed by atoms with van der Waals surface area (Å²) < 4.78 is 63.6. The molecule has 3 amide bonds. The normalized spacial score (nSPS) is 11.2. The zero-order valence-corrected chi connectivity index (χ0v) is 26.6. The maximum atomic E-state index is 12.1. The molecular weight excluding hydrogens is 639 g/mol. The fraction of sp³-hybridized carbons (Fsp3) is 0.240. The number of hydrogen-bond acceptors (Lipinski definition) is 13. The number of benzene rings is 2. The average molecular weight is 668 g/mol. The van der Waals surface area contributed by atoms with E-state index in [-0.39, 0.29) is 33.9 Å². The summed E-state index contributed by atoms with van der Waals surface area (Å²) in [5.41, 5.74) is 1.73. The maximum absolute atomic E-state index is 12.1. The highest BCUT2D eigenvalue weighted by Gasteiger charge is 2.28. The number of amides is 3. The van der Waals surface area contributed by atoms with E-state index in [0.717, 1.165) is 23.0 Å². The quantitative estimate of drug-likeness (QED) is 0.250. The molecule has 4 aromatic rings. The number of likely N-dealkylation sites (N-methyl/N-ethyl adjacent to an activating group) is 1. The summed E-state index contributed by atoms with van der Waals surface area (Å²) in [6.45, 7) is -0.0226. The maximum Gasteiger partial charge on any atom is 0.336 e. The van der Waals surface area contributed by atoms with E-state index in [0.29, 0.717) is 11.4 Å². The van der Waals surface area contributed by atoms with Gasteiger partial charge in [-0.1, -0.05) is 45.4 Å². The number of nitrogens with zero attached hydrogens (tertiary/aromatic N) is 5. The molecule has 0 aliphatic carbocycles. The van der Waals surface area contributed by atoms with Crippen molar-refractivity contribution in [3.8, 4) is 17.0 Å². The fourth-order valence-electron chi connectivity index (χ4n) is 3.08. The van der Waals surface area contributed by atoms with Crippen LogP contribution >= 0.6 is 11.3 Å². The fourth-order valence-corrected chi connectivity index (χ4v) is 5.85. The lowest BCUT2D eigenvalue weighted by atomic mass is 10.3. The first-order valence-electron chi connectivity index (χ1n) is 12.3. The van der Waals surface area contributed by atoms with Gasteiger partial charge >= 0.3 is 16.2 Å². The van der Waals surface area contributed by atoms with Crippen molar-refractivity contribution < 1.29 is 40.6 Å². The van der Waals surface area contributed by atoms with Gasteiger partial charge in [0, 0.05) is 19.8 Å². The highest BCUT2D eigenvalue weighted by molar-refractivity contribution is 8.03. The van der Waals surface area contributed by atoms with Gasteiger partial charge in [-0.05, 0) is 24.3 Å². The van der Waals surface area contributed by atoms with Gasteiger partial charge in [0.1, 0.15) is 0 Å². The van der Waals surface area contributed by atoms with Crippen LogP contribution < -0.4 is 29.1 Å². The molecule has 0 saturated carbocycles. The Morgan fingerprint density at radius 1 is 0.886 bits per heavy atom. The zero-order chi connectivity index (χ0) is 32.5. The first-order valence-corrected chi connectivity index (χ1v) is 16.4. The average Bonchev–Trinajstić information content (AvgIpc) is 3.42. The van der Waals surface area contributed by atoms with Crippen molar-refractivity contribution in [1.82, 2.24) is 23.4 Å². The second-order valence-corrected chi connectivity index (χ2v) is 13.4. The number of hydrogen-bond donors (Lipinski definition) is 2. The molecule has 16 nitrogen and oxygen atoms in total. The minimum Gasteiger partial charge on any atom is -0.481 e. The molecule has 2 aromatic carbocycles. The van der Waals surface area contributed by atoms with Crippen molar-refractivity contribution in [3.05, 3.63) is 60.7 Å². The number of rotatable bonds is 10. The van der Waals surface area contributed by atoms with E-state index < -0.39 is 26.3 Å². The molecule has 2 N–H and O–H groups in total. The van der Waals surface area contributed by atoms with E-state index in [1.165, 1.54) is 36.3 Å². The van der Waals surface area contributed by atoms with Crippen molar-refractivity contribution in [2.24, 2.45) is 0 Å². The van der Waals surface area contributed by atoms with Crippen LogP contribution in [0.4, 0.5) is 16.4 Å². The van der Waals surface area contributed by atoms with Crippen LogP contribution in [0, 0.1) is 0 Å². The number of ether oxygens (including phenoxy) is 3. The number of urea groups is 1. The van der Waals surface area contributed by atoms with Gasteiger partial charge in [-0.15, -0.1) is 0 Å². The van der Waals surface area contributed by atoms with Crippen LogP contribution in [0.2, 0.25) is 0 Å². The molecule has 2 aromatic heterocycles. The molecule has 0 radical (unpaired) electrons. The molecule has 2 heterocycles. The number of carbonyl (C=O) groups excluding carboxylic acids is 2. The third-order valence-electron chi connectivity index (χ3n) is 5.46. The third kappa shape index (κ3) is 9.46. The van der Waals surface area contributed by atoms with E-state index in [1.807, 2.05) is 59.9 Å². The highest BCUT2D eigenvalue weighted by atomic mass is 32.3. The summed E-state index contributed by atoms with van der Waals surface area (Å²) >= 11 is 1.44. The van der Waals surface area contributed by atoms with Gasteiger partial charge in [-0.3, -0.25) is 10.1 Å². The molecule has 0 aliphatic rings. The Morgan fingerprint density at radius 2 is 1.48 bits per heavy atom. The number of aromatic nitrogens is 3. The zero-order valence-electron chi connectivity index (χ0n) is 24.1. The Morgan fingerprint density at radius 3 is 2.05 bits per heavy atom. The third-order valence-corrected chi connectivity index (χ3v) is 9.87. The number of carbonyl (C=O) groups is 2. The lowest BCUT2D eigenvalue weighted by Gasteiger charge is -2.16. The Balaban J connectivity index is 0.000000241. The van der Waals surface area contributed by atoms with Crippen LogP contribution in [0.3, 0.4) is 0 Å². The predicted molar refractivity (Wildman–Crippen MR) is 164 cm³/mol. The predicted octanol–water partition coefficient (Wildman–Crippen LogP) is 2.09. The van der Waals surface area contributed by atoms with E-state index in [9.17, 15) is 26.4 Å². The standard InChI is InChI=1S/C16H14N2O2S.C9H15N5O7S2/c1-18(12-7-3-2-4-8-12)15(19)11-20-16-17-13-9-5-6-10-14(13)21-16;1-14(22(4,16)17)23(18,19)13-9(15)12-8-10-6(20-2)5-7(11-8)21-3/h2-10H,11H2,1H3;5H,1-4H3,(H2,10,11,12,13,15). The Labute approximate surface area is 257 Å². The molecule has 0 bridgehead atoms. The van der Waals surface area contributed by atoms with Gasteiger partial charge in [-0.25, -0.2) is 22.9 Å². The molecule has 0 saturated heterocycles. The first kappa shape index (κ1) is 33.9. The summed E-state index contributed by atoms with van der Waals surface area (Å²) in [4.78, 5) is 37.2. The largest absolute Gasteiger partial charge is 0.481 e. The molecule has 0 atom stereocenters. The Bertz CT molecular complexity index is 1760. The Hall–Kier alpha value is -4.59. The van der Waals surface area contributed by atoms with Crippen LogP contribution in [-0.2, 0) is 25.0 Å². The lowest BCUT2D eigenvalue weighted by molar-refractivity contribution is -0.120. The van der Waals surface area contributed by atoms with Gasteiger partial charge in [-0.2, -0.15) is 18.4 Å². The molecule has 0 spiro atoms. The van der Waals surface area contributed by atoms with E-state index in [4.69, 9.17) is 14.2 Å². The molecular formula is C25H29N7O9S3. The molecule has 0 aliphatic heterocycles. The van der Waals surface area contributed by atoms with Crippen LogP contribution in [0.1, 0.15) is 0 Å². The Kier molecular flexibility index (Phi) is 11.4. The van der Waals surface area contributed by atoms with Gasteiger partial charge in [0.2, 0.25) is 27.7 Å². The van der Waals surface area contributed by atoms with E-state index in [1.54, 1.807) is 11.9 Å². The van der Waals surface area contributed by atoms with E-state index >= 15 is 0 Å². The molecule has 19 heteroatoms. The second-order valence-electron chi connectivity index (χ2n) is 8.50. The number of methoxy groups -OCH3 is 2. The SMILES string of the molecule is CN(C(=O)COc1nc2ccccc2s1)c1ccccc1.COc1cc(OC)nc(NC(=O)NS(=O)(=O)N(C)S(C)(=O)=O)n1. The first-order chi connectivity index (χ1) is 20.7. The smallest absolute Gasteiger partial charge is 0.336 e. The number of para-hydroxylation sites is 2. The molecule has 4 rings (SSSR count). The van der Waals surface area contributed by atoms with E-state index in [2.05, 4.69) is 15.0 Å². The monoisotopic (exact) mass is 667 g/mol. The molecule has 44 heavy (non-hydrogen) atoms. The number of anilines is 2. The number of nitrogens with one attached hydrogen (secondary N) is 2. The van der Waals surface area contributed by atoms with Crippen LogP contribution in [0.25, 0.3) is 10.2 Å². The number of thiazole rings is 1. The van der Waals surface area contributed by atoms with Crippen molar-refractivity contribution in [2.75, 3.05) is 51.4 Å². The summed E-state index contributed by atoms with van der Waals surface area (Å²) in [5.74, 6) is -0.303. The summed E-state index contributed by atoms with van der Waals surface area (Å²) in [6.07, 6.45) is 0.667. The second kappa shape index (κ2) is 14.7. The van der Waals surface area contributed by atoms with Crippen LogP contribution in [0.5, 0.6) is 17.0 Å². The van der Waals surface area contributed by atoms with Crippen LogP contribution in [-0.4, -0.2) is 88.6 Å². The molecule has 0 fully saturated rings. The molecule has 0 unspecified atom stereocenters. The number of sulfonamides is 1. The van der Waals surface area contributed by atoms with Gasteiger partial charge in [0.25, 0.3) is 11.1 Å². The molecule has 236 valence electrons. The van der Waals surface area contributed by atoms with Crippen molar-refractivity contribution in [1.29, 1.82) is 0 Å². The van der Waals surface area contributed by atoms with Gasteiger partial charge in [0.05, 0.1) is 36.8 Å². The highest BCUT2D eigenvalue weighted by Crippen LogP contribution is 2.27. The topological polar surface area (TPSA) is 199 Å². The van der Waals surface area contributed by atoms with Gasteiger partial charge < -0.3 is 19.1 Å². The lowest BCUT2D eigenvalue weighted by Crippen LogP contribution is -2.45. The minimum absolute atomic E-state index is 0.00654. The van der Waals surface area contributed by atoms with Gasteiger partial charge in [0.15, 0.2) is 6.61 Å². The van der Waals surface area contributed by atoms with Crippen LogP contribution in [0.15, 0.2) is 60.7 Å². The summed E-state index contributed by atoms with van der Waals surface area (Å²) in [7, 11) is -3.53. The minimum atomic E-state index is -4.60. The van der Waals surface area contributed by atoms with Crippen molar-refractivity contribution in [3.63, 3.8) is 0 Å². The summed E-state index contributed by atoms with van der Waals surface area (Å²) in [5, 5.41) is 2.54. The van der Waals surface area contributed by atoms with Crippen molar-refractivity contribution >= 4 is 65.4 Å².